The SMILES string of the molecule is CCCCCOCC(=O)N[C@@H]1CCC[C@@H]1C(=O)O. The maximum atomic E-state index is 11.6. The minimum atomic E-state index is -0.818. The van der Waals surface area contributed by atoms with Crippen LogP contribution in [0, 0.1) is 5.92 Å². The van der Waals surface area contributed by atoms with Crippen LogP contribution in [0.2, 0.25) is 0 Å². The second-order valence-corrected chi connectivity index (χ2v) is 4.81. The van der Waals surface area contributed by atoms with Gasteiger partial charge >= 0.3 is 5.97 Å². The molecule has 0 aromatic rings. The minimum Gasteiger partial charge on any atom is -0.481 e. The van der Waals surface area contributed by atoms with Crippen molar-refractivity contribution in [1.82, 2.24) is 5.32 Å². The molecule has 1 aliphatic carbocycles. The predicted molar refractivity (Wildman–Crippen MR) is 67.3 cm³/mol. The quantitative estimate of drug-likeness (QED) is 0.647. The number of rotatable bonds is 8. The molecule has 2 atom stereocenters. The van der Waals surface area contributed by atoms with Crippen molar-refractivity contribution in [1.29, 1.82) is 0 Å². The van der Waals surface area contributed by atoms with E-state index in [-0.39, 0.29) is 18.6 Å². The van der Waals surface area contributed by atoms with E-state index in [1.54, 1.807) is 0 Å². The number of amides is 1. The van der Waals surface area contributed by atoms with Crippen molar-refractivity contribution in [3.05, 3.63) is 0 Å². The van der Waals surface area contributed by atoms with Gasteiger partial charge in [-0.15, -0.1) is 0 Å². The first-order chi connectivity index (χ1) is 8.65. The van der Waals surface area contributed by atoms with Crippen LogP contribution in [0.4, 0.5) is 0 Å². The summed E-state index contributed by atoms with van der Waals surface area (Å²) in [6.07, 6.45) is 5.45. The molecule has 0 saturated heterocycles. The number of aliphatic carboxylic acids is 1. The third kappa shape index (κ3) is 5.04. The van der Waals surface area contributed by atoms with E-state index in [9.17, 15) is 9.59 Å². The molecule has 1 amide bonds. The van der Waals surface area contributed by atoms with Crippen molar-refractivity contribution in [2.45, 2.75) is 51.5 Å². The van der Waals surface area contributed by atoms with Crippen LogP contribution in [-0.4, -0.2) is 36.2 Å². The van der Waals surface area contributed by atoms with Crippen LogP contribution in [0.3, 0.4) is 0 Å². The van der Waals surface area contributed by atoms with E-state index >= 15 is 0 Å². The Kier molecular flexibility index (Phi) is 6.72. The lowest BCUT2D eigenvalue weighted by Gasteiger charge is -2.17. The van der Waals surface area contributed by atoms with Crippen LogP contribution in [0.25, 0.3) is 0 Å². The number of carbonyl (C=O) groups is 2. The Balaban J connectivity index is 2.17. The summed E-state index contributed by atoms with van der Waals surface area (Å²) in [4.78, 5) is 22.5. The molecule has 2 N–H and O–H groups in total. The van der Waals surface area contributed by atoms with Gasteiger partial charge in [0.15, 0.2) is 0 Å². The zero-order chi connectivity index (χ0) is 13.4. The molecule has 1 aliphatic rings. The lowest BCUT2D eigenvalue weighted by atomic mass is 10.0. The Morgan fingerprint density at radius 3 is 2.78 bits per heavy atom. The number of hydrogen-bond acceptors (Lipinski definition) is 3. The molecule has 0 aliphatic heterocycles. The van der Waals surface area contributed by atoms with Crippen molar-refractivity contribution < 1.29 is 19.4 Å². The summed E-state index contributed by atoms with van der Waals surface area (Å²) in [6.45, 7) is 2.74. The fourth-order valence-electron chi connectivity index (χ4n) is 2.30. The lowest BCUT2D eigenvalue weighted by molar-refractivity contribution is -0.142. The molecule has 18 heavy (non-hydrogen) atoms. The van der Waals surface area contributed by atoms with E-state index in [0.717, 1.165) is 32.1 Å². The predicted octanol–water partition coefficient (Wildman–Crippen LogP) is 1.56. The minimum absolute atomic E-state index is 0.0343. The first-order valence-corrected chi connectivity index (χ1v) is 6.75. The molecule has 5 heteroatoms. The fourth-order valence-corrected chi connectivity index (χ4v) is 2.30. The van der Waals surface area contributed by atoms with E-state index in [0.29, 0.717) is 13.0 Å². The van der Waals surface area contributed by atoms with Gasteiger partial charge in [0.2, 0.25) is 5.91 Å². The Morgan fingerprint density at radius 1 is 1.33 bits per heavy atom. The van der Waals surface area contributed by atoms with Gasteiger partial charge in [0.05, 0.1) is 5.92 Å². The van der Waals surface area contributed by atoms with Gasteiger partial charge in [-0.05, 0) is 19.3 Å². The maximum Gasteiger partial charge on any atom is 0.308 e. The van der Waals surface area contributed by atoms with Gasteiger partial charge in [0, 0.05) is 12.6 Å². The van der Waals surface area contributed by atoms with E-state index in [1.165, 1.54) is 0 Å². The number of nitrogens with one attached hydrogen (secondary N) is 1. The second kappa shape index (κ2) is 8.08. The van der Waals surface area contributed by atoms with Crippen LogP contribution >= 0.6 is 0 Å². The van der Waals surface area contributed by atoms with E-state index < -0.39 is 11.9 Å². The normalized spacial score (nSPS) is 22.9. The third-order valence-electron chi connectivity index (χ3n) is 3.30. The Labute approximate surface area is 108 Å². The first-order valence-electron chi connectivity index (χ1n) is 6.75. The van der Waals surface area contributed by atoms with Gasteiger partial charge in [-0.1, -0.05) is 26.2 Å². The summed E-state index contributed by atoms with van der Waals surface area (Å²) in [5.41, 5.74) is 0. The number of carboxylic acid groups (broad SMARTS) is 1. The number of ether oxygens (including phenoxy) is 1. The Bertz CT molecular complexity index is 280. The third-order valence-corrected chi connectivity index (χ3v) is 3.30. The van der Waals surface area contributed by atoms with Crippen LogP contribution in [0.1, 0.15) is 45.4 Å². The van der Waals surface area contributed by atoms with E-state index in [4.69, 9.17) is 9.84 Å². The molecule has 1 saturated carbocycles. The molecular formula is C13H23NO4. The average Bonchev–Trinajstić information content (AvgIpc) is 2.77. The van der Waals surface area contributed by atoms with Crippen molar-refractivity contribution >= 4 is 11.9 Å². The zero-order valence-electron chi connectivity index (χ0n) is 11.0. The van der Waals surface area contributed by atoms with Crippen LogP contribution in [0.5, 0.6) is 0 Å². The summed E-state index contributed by atoms with van der Waals surface area (Å²) < 4.78 is 5.24. The molecule has 1 rings (SSSR count). The molecule has 1 fully saturated rings. The molecule has 5 nitrogen and oxygen atoms in total. The topological polar surface area (TPSA) is 75.6 Å². The number of carboxylic acids is 1. The summed E-state index contributed by atoms with van der Waals surface area (Å²) >= 11 is 0. The van der Waals surface area contributed by atoms with Crippen molar-refractivity contribution in [3.8, 4) is 0 Å². The van der Waals surface area contributed by atoms with Crippen LogP contribution in [-0.2, 0) is 14.3 Å². The highest BCUT2D eigenvalue weighted by atomic mass is 16.5. The Morgan fingerprint density at radius 2 is 2.11 bits per heavy atom. The molecule has 0 aromatic carbocycles. The molecule has 0 radical (unpaired) electrons. The summed E-state index contributed by atoms with van der Waals surface area (Å²) in [6, 6.07) is -0.228. The van der Waals surface area contributed by atoms with E-state index in [1.807, 2.05) is 0 Å². The maximum absolute atomic E-state index is 11.6. The van der Waals surface area contributed by atoms with Crippen molar-refractivity contribution in [2.24, 2.45) is 5.92 Å². The fraction of sp³-hybridized carbons (Fsp3) is 0.846. The lowest BCUT2D eigenvalue weighted by Crippen LogP contribution is -2.41. The standard InChI is InChI=1S/C13H23NO4/c1-2-3-4-8-18-9-12(15)14-11-7-5-6-10(11)13(16)17/h10-11H,2-9H2,1H3,(H,14,15)(H,16,17)/t10-,11+/m0/s1. The van der Waals surface area contributed by atoms with Gasteiger partial charge in [0.1, 0.15) is 6.61 Å². The highest BCUT2D eigenvalue weighted by Gasteiger charge is 2.33. The molecule has 0 bridgehead atoms. The summed E-state index contributed by atoms with van der Waals surface area (Å²) in [5.74, 6) is -1.46. The summed E-state index contributed by atoms with van der Waals surface area (Å²) in [7, 11) is 0. The van der Waals surface area contributed by atoms with Gasteiger partial charge < -0.3 is 15.2 Å². The molecular weight excluding hydrogens is 234 g/mol. The molecule has 0 spiro atoms. The largest absolute Gasteiger partial charge is 0.481 e. The second-order valence-electron chi connectivity index (χ2n) is 4.81. The van der Waals surface area contributed by atoms with Crippen LogP contribution in [0.15, 0.2) is 0 Å². The highest BCUT2D eigenvalue weighted by Crippen LogP contribution is 2.25. The molecule has 0 aromatic heterocycles. The monoisotopic (exact) mass is 257 g/mol. The number of unbranched alkanes of at least 4 members (excludes halogenated alkanes) is 2. The summed E-state index contributed by atoms with van der Waals surface area (Å²) in [5, 5.41) is 11.7. The van der Waals surface area contributed by atoms with Crippen molar-refractivity contribution in [2.75, 3.05) is 13.2 Å². The van der Waals surface area contributed by atoms with Gasteiger partial charge in [-0.25, -0.2) is 0 Å². The number of carbonyl (C=O) groups excluding carboxylic acids is 1. The van der Waals surface area contributed by atoms with Crippen molar-refractivity contribution in [3.63, 3.8) is 0 Å². The number of hydrogen-bond donors (Lipinski definition) is 2. The molecule has 104 valence electrons. The first kappa shape index (κ1) is 15.0. The van der Waals surface area contributed by atoms with Crippen LogP contribution < -0.4 is 5.32 Å². The van der Waals surface area contributed by atoms with Gasteiger partial charge in [-0.2, -0.15) is 0 Å². The zero-order valence-corrected chi connectivity index (χ0v) is 11.0. The average molecular weight is 257 g/mol. The highest BCUT2D eigenvalue weighted by molar-refractivity contribution is 5.79. The Hall–Kier alpha value is -1.10. The molecule has 0 unspecified atom stereocenters. The van der Waals surface area contributed by atoms with Gasteiger partial charge in [-0.3, -0.25) is 9.59 Å². The van der Waals surface area contributed by atoms with Gasteiger partial charge in [0.25, 0.3) is 0 Å². The van der Waals surface area contributed by atoms with E-state index in [2.05, 4.69) is 12.2 Å². The smallest absolute Gasteiger partial charge is 0.308 e. The molecule has 0 heterocycles.